The van der Waals surface area contributed by atoms with Crippen LogP contribution in [0.15, 0.2) is 0 Å². The monoisotopic (exact) mass is 286 g/mol. The molecular weight excluding hydrogens is 244 g/mol. The molecule has 0 saturated carbocycles. The molecule has 0 aromatic rings. The van der Waals surface area contributed by atoms with Crippen LogP contribution in [0, 0.1) is 5.92 Å². The summed E-state index contributed by atoms with van der Waals surface area (Å²) in [4.78, 5) is 20.2. The summed E-state index contributed by atoms with van der Waals surface area (Å²) in [5.74, 6) is -0.306. The van der Waals surface area contributed by atoms with Crippen LogP contribution in [0.1, 0.15) is 71.8 Å². The largest absolute Gasteiger partial charge is 0.469 e. The van der Waals surface area contributed by atoms with Crippen molar-refractivity contribution in [2.75, 3.05) is 14.2 Å². The van der Waals surface area contributed by atoms with Crippen molar-refractivity contribution in [1.29, 1.82) is 0 Å². The van der Waals surface area contributed by atoms with Crippen LogP contribution in [0.25, 0.3) is 0 Å². The molecule has 0 radical (unpaired) electrons. The maximum Gasteiger partial charge on any atom is 0.308 e. The molecule has 0 aliphatic heterocycles. The molecule has 0 aliphatic carbocycles. The normalized spacial score (nSPS) is 5.79. The Bertz CT molecular complexity index is 148. The third-order valence-corrected chi connectivity index (χ3v) is 1.19. The molecule has 4 nitrogen and oxygen atoms in total. The van der Waals surface area contributed by atoms with E-state index in [0.29, 0.717) is 6.42 Å². The highest BCUT2D eigenvalue weighted by atomic mass is 16.5. The SMILES string of the molecule is C.C.C.C.C.C.CCC(=O)OC.COC(=O)C(C)C. The Balaban J connectivity index is -0.0000000162. The number of hydrogen-bond acceptors (Lipinski definition) is 4. The molecule has 0 N–H and O–H groups in total. The van der Waals surface area contributed by atoms with Crippen molar-refractivity contribution < 1.29 is 19.1 Å². The van der Waals surface area contributed by atoms with E-state index in [1.165, 1.54) is 14.2 Å². The van der Waals surface area contributed by atoms with Gasteiger partial charge < -0.3 is 9.47 Å². The summed E-state index contributed by atoms with van der Waals surface area (Å²) in [6.45, 7) is 5.35. The van der Waals surface area contributed by atoms with E-state index in [-0.39, 0.29) is 62.4 Å². The van der Waals surface area contributed by atoms with Gasteiger partial charge in [0.15, 0.2) is 0 Å². The summed E-state index contributed by atoms with van der Waals surface area (Å²) in [6.07, 6.45) is 0.469. The van der Waals surface area contributed by atoms with Crippen molar-refractivity contribution in [2.24, 2.45) is 5.92 Å². The lowest BCUT2D eigenvalue weighted by Crippen LogP contribution is -2.07. The summed E-state index contributed by atoms with van der Waals surface area (Å²) >= 11 is 0. The van der Waals surface area contributed by atoms with Gasteiger partial charge >= 0.3 is 11.9 Å². The number of esters is 2. The van der Waals surface area contributed by atoms with Gasteiger partial charge in [-0.1, -0.05) is 65.3 Å². The van der Waals surface area contributed by atoms with Gasteiger partial charge in [-0.25, -0.2) is 0 Å². The van der Waals surface area contributed by atoms with Crippen LogP contribution in [0.2, 0.25) is 0 Å². The Labute approximate surface area is 123 Å². The second kappa shape index (κ2) is 36.0. The van der Waals surface area contributed by atoms with Crippen LogP contribution in [0.4, 0.5) is 0 Å². The molecule has 4 heteroatoms. The fourth-order valence-corrected chi connectivity index (χ4v) is 0.380. The average Bonchev–Trinajstić information content (AvgIpc) is 2.16. The Hall–Kier alpha value is -1.06. The number of carbonyl (C=O) groups excluding carboxylic acids is 2. The van der Waals surface area contributed by atoms with Crippen LogP contribution in [-0.2, 0) is 19.1 Å². The van der Waals surface area contributed by atoms with Gasteiger partial charge in [0, 0.05) is 6.42 Å². The van der Waals surface area contributed by atoms with E-state index in [1.54, 1.807) is 20.8 Å². The molecule has 0 atom stereocenters. The zero-order valence-corrected chi connectivity index (χ0v) is 8.92. The minimum absolute atomic E-state index is 0. The van der Waals surface area contributed by atoms with Gasteiger partial charge in [0.1, 0.15) is 0 Å². The van der Waals surface area contributed by atoms with Crippen LogP contribution in [-0.4, -0.2) is 26.2 Å². The predicted molar refractivity (Wildman–Crippen MR) is 89.5 cm³/mol. The van der Waals surface area contributed by atoms with Gasteiger partial charge in [-0.2, -0.15) is 0 Å². The molecule has 126 valence electrons. The van der Waals surface area contributed by atoms with Gasteiger partial charge in [-0.05, 0) is 0 Å². The molecule has 19 heavy (non-hydrogen) atoms. The van der Waals surface area contributed by atoms with E-state index in [9.17, 15) is 9.59 Å². The summed E-state index contributed by atoms with van der Waals surface area (Å²) in [5.41, 5.74) is 0. The maximum atomic E-state index is 10.3. The van der Waals surface area contributed by atoms with Crippen molar-refractivity contribution in [3.63, 3.8) is 0 Å². The van der Waals surface area contributed by atoms with Gasteiger partial charge in [0.05, 0.1) is 20.1 Å². The summed E-state index contributed by atoms with van der Waals surface area (Å²) < 4.78 is 8.63. The Morgan fingerprint density at radius 1 is 0.842 bits per heavy atom. The maximum absolute atomic E-state index is 10.3. The minimum atomic E-state index is -0.157. The zero-order chi connectivity index (χ0) is 10.9. The molecule has 0 saturated heterocycles. The second-order valence-electron chi connectivity index (χ2n) is 2.61. The van der Waals surface area contributed by atoms with Crippen LogP contribution in [0.5, 0.6) is 0 Å². The highest BCUT2D eigenvalue weighted by Crippen LogP contribution is 1.91. The molecule has 0 amide bonds. The van der Waals surface area contributed by atoms with Crippen molar-refractivity contribution in [1.82, 2.24) is 0 Å². The van der Waals surface area contributed by atoms with E-state index in [0.717, 1.165) is 0 Å². The standard InChI is InChI=1S/C5H10O2.C4H8O2.6CH4/c1-4(2)5(6)7-3;1-3-4(5)6-2;;;;;;/h4H,1-3H3;3H2,1-2H3;6*1H4. The third-order valence-electron chi connectivity index (χ3n) is 1.19. The molecule has 0 heterocycles. The lowest BCUT2D eigenvalue weighted by molar-refractivity contribution is -0.144. The zero-order valence-electron chi connectivity index (χ0n) is 8.92. The van der Waals surface area contributed by atoms with Crippen LogP contribution < -0.4 is 0 Å². The molecule has 0 fully saturated rings. The first kappa shape index (κ1) is 52.1. The van der Waals surface area contributed by atoms with Gasteiger partial charge in [0.25, 0.3) is 0 Å². The molecule has 0 bridgehead atoms. The summed E-state index contributed by atoms with van der Waals surface area (Å²) in [7, 11) is 2.77. The van der Waals surface area contributed by atoms with E-state index in [4.69, 9.17) is 0 Å². The average molecular weight is 286 g/mol. The summed E-state index contributed by atoms with van der Waals surface area (Å²) in [5, 5.41) is 0. The van der Waals surface area contributed by atoms with Crippen molar-refractivity contribution in [2.45, 2.75) is 71.8 Å². The lowest BCUT2D eigenvalue weighted by Gasteiger charge is -1.97. The fourth-order valence-electron chi connectivity index (χ4n) is 0.380. The fraction of sp³-hybridized carbons (Fsp3) is 0.867. The highest BCUT2D eigenvalue weighted by molar-refractivity contribution is 5.71. The number of ether oxygens (including phenoxy) is 2. The molecule has 0 unspecified atom stereocenters. The van der Waals surface area contributed by atoms with Crippen molar-refractivity contribution >= 4 is 11.9 Å². The van der Waals surface area contributed by atoms with Crippen molar-refractivity contribution in [3.05, 3.63) is 0 Å². The van der Waals surface area contributed by atoms with Gasteiger partial charge in [-0.15, -0.1) is 0 Å². The first-order valence-corrected chi connectivity index (χ1v) is 4.14. The number of hydrogen-bond donors (Lipinski definition) is 0. The van der Waals surface area contributed by atoms with Crippen LogP contribution in [0.3, 0.4) is 0 Å². The first-order chi connectivity index (χ1) is 5.99. The first-order valence-electron chi connectivity index (χ1n) is 4.14. The Kier molecular flexibility index (Phi) is 98.6. The molecule has 0 rings (SSSR count). The topological polar surface area (TPSA) is 52.6 Å². The predicted octanol–water partition coefficient (Wildman–Crippen LogP) is 5.20. The molecule has 0 aliphatic rings. The third kappa shape index (κ3) is 47.3. The quantitative estimate of drug-likeness (QED) is 0.654. The molecular formula is C15H42O4. The minimum Gasteiger partial charge on any atom is -0.469 e. The molecule has 0 spiro atoms. The van der Waals surface area contributed by atoms with E-state index >= 15 is 0 Å². The van der Waals surface area contributed by atoms with E-state index < -0.39 is 0 Å². The Morgan fingerprint density at radius 3 is 1.16 bits per heavy atom. The molecule has 0 aromatic carbocycles. The lowest BCUT2D eigenvalue weighted by atomic mass is 10.2. The smallest absolute Gasteiger partial charge is 0.308 e. The van der Waals surface area contributed by atoms with E-state index in [1.807, 2.05) is 0 Å². The summed E-state index contributed by atoms with van der Waals surface area (Å²) in [6, 6.07) is 0. The number of methoxy groups -OCH3 is 2. The molecule has 0 aromatic heterocycles. The van der Waals surface area contributed by atoms with Crippen LogP contribution >= 0.6 is 0 Å². The Morgan fingerprint density at radius 2 is 1.16 bits per heavy atom. The number of carbonyl (C=O) groups is 2. The van der Waals surface area contributed by atoms with Gasteiger partial charge in [0.2, 0.25) is 0 Å². The number of rotatable bonds is 2. The van der Waals surface area contributed by atoms with E-state index in [2.05, 4.69) is 9.47 Å². The highest BCUT2D eigenvalue weighted by Gasteiger charge is 2.03. The second-order valence-corrected chi connectivity index (χ2v) is 2.61. The van der Waals surface area contributed by atoms with Gasteiger partial charge in [-0.3, -0.25) is 9.59 Å². The van der Waals surface area contributed by atoms with Crippen molar-refractivity contribution in [3.8, 4) is 0 Å².